The Kier molecular flexibility index (Phi) is 6.09. The number of nitrogens with zero attached hydrogens (tertiary/aromatic N) is 1. The van der Waals surface area contributed by atoms with Crippen LogP contribution in [0.3, 0.4) is 0 Å². The van der Waals surface area contributed by atoms with Gasteiger partial charge in [-0.25, -0.2) is 0 Å². The number of esters is 1. The minimum absolute atomic E-state index is 0.137. The number of carbonyl (C=O) groups excluding carboxylic acids is 1. The molecular formula is C14H28N2O2. The fourth-order valence-corrected chi connectivity index (χ4v) is 2.26. The van der Waals surface area contributed by atoms with Gasteiger partial charge in [-0.3, -0.25) is 10.1 Å². The van der Waals surface area contributed by atoms with Crippen LogP contribution in [-0.2, 0) is 9.53 Å². The minimum atomic E-state index is -0.531. The molecule has 1 fully saturated rings. The lowest BCUT2D eigenvalue weighted by Gasteiger charge is -2.31. The molecule has 1 rings (SSSR count). The summed E-state index contributed by atoms with van der Waals surface area (Å²) in [6, 6.07) is 0.510. The highest BCUT2D eigenvalue weighted by Gasteiger charge is 2.39. The summed E-state index contributed by atoms with van der Waals surface area (Å²) in [4.78, 5) is 14.3. The van der Waals surface area contributed by atoms with Crippen LogP contribution < -0.4 is 5.32 Å². The first-order chi connectivity index (χ1) is 8.55. The molecule has 0 aromatic rings. The fourth-order valence-electron chi connectivity index (χ4n) is 2.26. The zero-order valence-corrected chi connectivity index (χ0v) is 12.3. The van der Waals surface area contributed by atoms with Crippen molar-refractivity contribution in [3.63, 3.8) is 0 Å². The van der Waals surface area contributed by atoms with E-state index in [1.165, 1.54) is 20.0 Å². The molecular weight excluding hydrogens is 228 g/mol. The van der Waals surface area contributed by atoms with Gasteiger partial charge in [-0.2, -0.15) is 0 Å². The van der Waals surface area contributed by atoms with Crippen LogP contribution in [0.1, 0.15) is 46.5 Å². The third-order valence-electron chi connectivity index (χ3n) is 3.65. The summed E-state index contributed by atoms with van der Waals surface area (Å²) in [5.74, 6) is -0.137. The average Bonchev–Trinajstić information content (AvgIpc) is 3.17. The van der Waals surface area contributed by atoms with E-state index in [1.807, 2.05) is 6.92 Å². The van der Waals surface area contributed by atoms with Gasteiger partial charge in [0.15, 0.2) is 0 Å². The first kappa shape index (κ1) is 15.4. The van der Waals surface area contributed by atoms with Crippen molar-refractivity contribution in [2.45, 2.75) is 58.0 Å². The normalized spacial score (nSPS) is 18.7. The van der Waals surface area contributed by atoms with E-state index in [1.54, 1.807) is 0 Å². The highest BCUT2D eigenvalue weighted by Crippen LogP contribution is 2.25. The lowest BCUT2D eigenvalue weighted by Crippen LogP contribution is -2.53. The molecule has 0 aliphatic heterocycles. The summed E-state index contributed by atoms with van der Waals surface area (Å²) in [6.45, 7) is 9.39. The predicted molar refractivity (Wildman–Crippen MR) is 73.6 cm³/mol. The zero-order valence-electron chi connectivity index (χ0n) is 12.3. The van der Waals surface area contributed by atoms with Crippen LogP contribution in [0.2, 0.25) is 0 Å². The van der Waals surface area contributed by atoms with Gasteiger partial charge in [-0.15, -0.1) is 0 Å². The van der Waals surface area contributed by atoms with E-state index < -0.39 is 5.54 Å². The molecule has 1 saturated carbocycles. The van der Waals surface area contributed by atoms with E-state index in [4.69, 9.17) is 4.74 Å². The van der Waals surface area contributed by atoms with Gasteiger partial charge in [0.1, 0.15) is 5.54 Å². The molecule has 1 unspecified atom stereocenters. The summed E-state index contributed by atoms with van der Waals surface area (Å²) in [5.41, 5.74) is -0.531. The number of hydrogen-bond donors (Lipinski definition) is 1. The molecule has 0 aromatic heterocycles. The lowest BCUT2D eigenvalue weighted by molar-refractivity contribution is -0.148. The molecule has 1 aliphatic carbocycles. The van der Waals surface area contributed by atoms with Gasteiger partial charge < -0.3 is 9.64 Å². The van der Waals surface area contributed by atoms with E-state index in [0.29, 0.717) is 6.04 Å². The molecule has 0 radical (unpaired) electrons. The topological polar surface area (TPSA) is 41.6 Å². The number of carbonyl (C=O) groups is 1. The van der Waals surface area contributed by atoms with Crippen LogP contribution in [0.25, 0.3) is 0 Å². The Morgan fingerprint density at radius 1 is 1.39 bits per heavy atom. The Morgan fingerprint density at radius 3 is 2.50 bits per heavy atom. The second-order valence-corrected chi connectivity index (χ2v) is 5.43. The third-order valence-corrected chi connectivity index (χ3v) is 3.65. The monoisotopic (exact) mass is 256 g/mol. The smallest absolute Gasteiger partial charge is 0.325 e. The molecule has 1 atom stereocenters. The zero-order chi connectivity index (χ0) is 13.6. The summed E-state index contributed by atoms with van der Waals surface area (Å²) >= 11 is 0. The molecule has 4 nitrogen and oxygen atoms in total. The molecule has 0 amide bonds. The van der Waals surface area contributed by atoms with Crippen LogP contribution in [0, 0.1) is 0 Å². The summed E-state index contributed by atoms with van der Waals surface area (Å²) in [7, 11) is 1.47. The highest BCUT2D eigenvalue weighted by molar-refractivity contribution is 5.80. The maximum absolute atomic E-state index is 12.0. The van der Waals surface area contributed by atoms with E-state index in [2.05, 4.69) is 24.1 Å². The predicted octanol–water partition coefficient (Wildman–Crippen LogP) is 1.79. The number of rotatable bonds is 9. The lowest BCUT2D eigenvalue weighted by atomic mass is 9.97. The van der Waals surface area contributed by atoms with Crippen molar-refractivity contribution in [2.75, 3.05) is 26.7 Å². The summed E-state index contributed by atoms with van der Waals surface area (Å²) < 4.78 is 4.95. The molecule has 18 heavy (non-hydrogen) atoms. The Hall–Kier alpha value is -0.610. The van der Waals surface area contributed by atoms with Gasteiger partial charge in [0.05, 0.1) is 7.11 Å². The largest absolute Gasteiger partial charge is 0.468 e. The van der Waals surface area contributed by atoms with Gasteiger partial charge in [-0.05, 0) is 45.7 Å². The van der Waals surface area contributed by atoms with Crippen molar-refractivity contribution in [3.8, 4) is 0 Å². The van der Waals surface area contributed by atoms with Gasteiger partial charge in [0.25, 0.3) is 0 Å². The van der Waals surface area contributed by atoms with Gasteiger partial charge in [0, 0.05) is 12.6 Å². The number of nitrogens with one attached hydrogen (secondary N) is 1. The molecule has 0 heterocycles. The standard InChI is InChI=1S/C14H28N2O2/c1-5-10-16(6-2)11-9-14(3,13(17)18-4)15-12-7-8-12/h12,15H,5-11H2,1-4H3. The molecule has 106 valence electrons. The average molecular weight is 256 g/mol. The number of methoxy groups -OCH3 is 1. The quantitative estimate of drug-likeness (QED) is 0.639. The molecule has 0 spiro atoms. The highest BCUT2D eigenvalue weighted by atomic mass is 16.5. The van der Waals surface area contributed by atoms with Crippen molar-refractivity contribution < 1.29 is 9.53 Å². The molecule has 4 heteroatoms. The van der Waals surface area contributed by atoms with Gasteiger partial charge in [0.2, 0.25) is 0 Å². The molecule has 0 saturated heterocycles. The van der Waals surface area contributed by atoms with Gasteiger partial charge in [-0.1, -0.05) is 13.8 Å². The van der Waals surface area contributed by atoms with Crippen molar-refractivity contribution in [1.29, 1.82) is 0 Å². The maximum Gasteiger partial charge on any atom is 0.325 e. The van der Waals surface area contributed by atoms with Crippen molar-refractivity contribution in [1.82, 2.24) is 10.2 Å². The SMILES string of the molecule is CCCN(CC)CCC(C)(NC1CC1)C(=O)OC. The van der Waals surface area contributed by atoms with Crippen LogP contribution >= 0.6 is 0 Å². The van der Waals surface area contributed by atoms with E-state index in [0.717, 1.165) is 32.5 Å². The number of hydrogen-bond acceptors (Lipinski definition) is 4. The van der Waals surface area contributed by atoms with E-state index in [9.17, 15) is 4.79 Å². The van der Waals surface area contributed by atoms with Crippen LogP contribution in [0.5, 0.6) is 0 Å². The van der Waals surface area contributed by atoms with E-state index in [-0.39, 0.29) is 5.97 Å². The van der Waals surface area contributed by atoms with Crippen LogP contribution in [0.15, 0.2) is 0 Å². The Balaban J connectivity index is 2.51. The van der Waals surface area contributed by atoms with Crippen molar-refractivity contribution in [2.24, 2.45) is 0 Å². The summed E-state index contributed by atoms with van der Waals surface area (Å²) in [6.07, 6.45) is 4.32. The summed E-state index contributed by atoms with van der Waals surface area (Å²) in [5, 5.41) is 3.44. The van der Waals surface area contributed by atoms with Crippen molar-refractivity contribution in [3.05, 3.63) is 0 Å². The fraction of sp³-hybridized carbons (Fsp3) is 0.929. The Bertz CT molecular complexity index is 267. The first-order valence-electron chi connectivity index (χ1n) is 7.14. The minimum Gasteiger partial charge on any atom is -0.468 e. The van der Waals surface area contributed by atoms with E-state index >= 15 is 0 Å². The van der Waals surface area contributed by atoms with Crippen LogP contribution in [0.4, 0.5) is 0 Å². The molecule has 1 aliphatic rings. The van der Waals surface area contributed by atoms with Crippen LogP contribution in [-0.4, -0.2) is 49.2 Å². The maximum atomic E-state index is 12.0. The number of ether oxygens (including phenoxy) is 1. The molecule has 0 bridgehead atoms. The second kappa shape index (κ2) is 7.10. The molecule has 1 N–H and O–H groups in total. The Morgan fingerprint density at radius 2 is 2.06 bits per heavy atom. The second-order valence-electron chi connectivity index (χ2n) is 5.43. The first-order valence-corrected chi connectivity index (χ1v) is 7.14. The Labute approximate surface area is 111 Å². The molecule has 0 aromatic carbocycles. The van der Waals surface area contributed by atoms with Crippen molar-refractivity contribution >= 4 is 5.97 Å². The van der Waals surface area contributed by atoms with Gasteiger partial charge >= 0.3 is 5.97 Å². The third kappa shape index (κ3) is 4.58.